The first-order chi connectivity index (χ1) is 10.7. The summed E-state index contributed by atoms with van der Waals surface area (Å²) in [4.78, 5) is 12.0. The van der Waals surface area contributed by atoms with E-state index in [1.807, 2.05) is 53.3 Å². The molecule has 0 saturated carbocycles. The van der Waals surface area contributed by atoms with Crippen LogP contribution in [0.4, 0.5) is 0 Å². The predicted molar refractivity (Wildman–Crippen MR) is 87.4 cm³/mol. The lowest BCUT2D eigenvalue weighted by Crippen LogP contribution is -2.24. The van der Waals surface area contributed by atoms with E-state index in [-0.39, 0.29) is 5.91 Å². The zero-order valence-corrected chi connectivity index (χ0v) is 12.6. The molecule has 0 radical (unpaired) electrons. The Balaban J connectivity index is 1.57. The maximum absolute atomic E-state index is 12.0. The van der Waals surface area contributed by atoms with Crippen molar-refractivity contribution in [3.05, 3.63) is 65.9 Å². The van der Waals surface area contributed by atoms with E-state index in [4.69, 9.17) is 0 Å². The Kier molecular flexibility index (Phi) is 4.19. The van der Waals surface area contributed by atoms with Crippen molar-refractivity contribution in [2.24, 2.45) is 0 Å². The first-order valence-electron chi connectivity index (χ1n) is 7.46. The van der Waals surface area contributed by atoms with Gasteiger partial charge in [-0.25, -0.2) is 0 Å². The van der Waals surface area contributed by atoms with E-state index >= 15 is 0 Å². The van der Waals surface area contributed by atoms with E-state index in [9.17, 15) is 4.79 Å². The molecule has 0 atom stereocenters. The van der Waals surface area contributed by atoms with Gasteiger partial charge in [-0.05, 0) is 24.1 Å². The number of hydrogen-bond acceptors (Lipinski definition) is 2. The Bertz CT molecular complexity index is 777. The first-order valence-corrected chi connectivity index (χ1v) is 7.46. The fourth-order valence-corrected chi connectivity index (χ4v) is 2.52. The van der Waals surface area contributed by atoms with Crippen molar-refractivity contribution in [1.29, 1.82) is 0 Å². The molecule has 0 aliphatic carbocycles. The third-order valence-electron chi connectivity index (χ3n) is 3.79. The Morgan fingerprint density at radius 3 is 2.77 bits per heavy atom. The minimum Gasteiger partial charge on any atom is -0.352 e. The lowest BCUT2D eigenvalue weighted by molar-refractivity contribution is -0.121. The summed E-state index contributed by atoms with van der Waals surface area (Å²) in [7, 11) is 0. The summed E-state index contributed by atoms with van der Waals surface area (Å²) < 4.78 is 1.89. The maximum Gasteiger partial charge on any atom is 0.222 e. The molecule has 0 unspecified atom stereocenters. The van der Waals surface area contributed by atoms with Crippen LogP contribution >= 0.6 is 0 Å². The highest BCUT2D eigenvalue weighted by Crippen LogP contribution is 2.17. The molecular weight excluding hydrogens is 274 g/mol. The highest BCUT2D eigenvalue weighted by molar-refractivity contribution is 5.82. The largest absolute Gasteiger partial charge is 0.352 e. The van der Waals surface area contributed by atoms with Crippen molar-refractivity contribution >= 4 is 16.8 Å². The molecule has 0 saturated heterocycles. The van der Waals surface area contributed by atoms with E-state index < -0.39 is 0 Å². The van der Waals surface area contributed by atoms with Crippen LogP contribution in [0.2, 0.25) is 0 Å². The standard InChI is InChI=1S/C18H19N3O/c1-14-6-5-9-17-16(14)13-20-21(17)11-10-18(22)19-12-15-7-3-2-4-8-15/h2-9,13H,10-12H2,1H3,(H,19,22). The highest BCUT2D eigenvalue weighted by atomic mass is 16.1. The van der Waals surface area contributed by atoms with Gasteiger partial charge in [-0.2, -0.15) is 5.10 Å². The van der Waals surface area contributed by atoms with Crippen molar-refractivity contribution in [1.82, 2.24) is 15.1 Å². The number of fused-ring (bicyclic) bond motifs is 1. The summed E-state index contributed by atoms with van der Waals surface area (Å²) >= 11 is 0. The molecule has 4 heteroatoms. The lowest BCUT2D eigenvalue weighted by atomic mass is 10.1. The van der Waals surface area contributed by atoms with Crippen molar-refractivity contribution in [3.63, 3.8) is 0 Å². The molecule has 1 N–H and O–H groups in total. The third-order valence-corrected chi connectivity index (χ3v) is 3.79. The number of nitrogens with one attached hydrogen (secondary N) is 1. The quantitative estimate of drug-likeness (QED) is 0.786. The van der Waals surface area contributed by atoms with Gasteiger partial charge in [-0.3, -0.25) is 9.48 Å². The van der Waals surface area contributed by atoms with Gasteiger partial charge in [0.25, 0.3) is 0 Å². The number of benzene rings is 2. The van der Waals surface area contributed by atoms with Crippen molar-refractivity contribution in [2.45, 2.75) is 26.4 Å². The van der Waals surface area contributed by atoms with Gasteiger partial charge in [0, 0.05) is 18.4 Å². The molecule has 4 nitrogen and oxygen atoms in total. The Morgan fingerprint density at radius 2 is 1.95 bits per heavy atom. The number of amides is 1. The molecule has 1 aromatic heterocycles. The average molecular weight is 293 g/mol. The SMILES string of the molecule is Cc1cccc2c1cnn2CCC(=O)NCc1ccccc1. The molecule has 0 fully saturated rings. The molecule has 3 aromatic rings. The number of carbonyl (C=O) groups excluding carboxylic acids is 1. The van der Waals surface area contributed by atoms with Gasteiger partial charge in [-0.15, -0.1) is 0 Å². The van der Waals surface area contributed by atoms with Gasteiger partial charge in [0.2, 0.25) is 5.91 Å². The average Bonchev–Trinajstić information content (AvgIpc) is 2.96. The molecule has 1 heterocycles. The van der Waals surface area contributed by atoms with Gasteiger partial charge < -0.3 is 5.32 Å². The van der Waals surface area contributed by atoms with Crippen molar-refractivity contribution < 1.29 is 4.79 Å². The van der Waals surface area contributed by atoms with Crippen molar-refractivity contribution in [2.75, 3.05) is 0 Å². The molecule has 3 rings (SSSR count). The van der Waals surface area contributed by atoms with E-state index in [0.29, 0.717) is 19.5 Å². The van der Waals surface area contributed by atoms with E-state index in [0.717, 1.165) is 16.5 Å². The smallest absolute Gasteiger partial charge is 0.222 e. The second-order valence-electron chi connectivity index (χ2n) is 5.39. The Labute approximate surface area is 129 Å². The van der Waals surface area contributed by atoms with Crippen molar-refractivity contribution in [3.8, 4) is 0 Å². The van der Waals surface area contributed by atoms with Gasteiger partial charge >= 0.3 is 0 Å². The summed E-state index contributed by atoms with van der Waals surface area (Å²) in [6, 6.07) is 16.0. The van der Waals surface area contributed by atoms with Crippen LogP contribution in [-0.2, 0) is 17.9 Å². The first kappa shape index (κ1) is 14.3. The van der Waals surface area contributed by atoms with Gasteiger partial charge in [0.05, 0.1) is 18.3 Å². The van der Waals surface area contributed by atoms with Crippen LogP contribution in [0.1, 0.15) is 17.5 Å². The molecule has 0 aliphatic heterocycles. The summed E-state index contributed by atoms with van der Waals surface area (Å²) in [5.74, 6) is 0.0418. The number of carbonyl (C=O) groups is 1. The summed E-state index contributed by atoms with van der Waals surface area (Å²) in [5, 5.41) is 8.47. The van der Waals surface area contributed by atoms with Crippen LogP contribution in [-0.4, -0.2) is 15.7 Å². The minimum absolute atomic E-state index is 0.0418. The number of hydrogen-bond donors (Lipinski definition) is 1. The van der Waals surface area contributed by atoms with Crippen LogP contribution in [0.5, 0.6) is 0 Å². The topological polar surface area (TPSA) is 46.9 Å². The second kappa shape index (κ2) is 6.43. The van der Waals surface area contributed by atoms with Gasteiger partial charge in [0.15, 0.2) is 0 Å². The predicted octanol–water partition coefficient (Wildman–Crippen LogP) is 3.05. The van der Waals surface area contributed by atoms with Gasteiger partial charge in [-0.1, -0.05) is 42.5 Å². The summed E-state index contributed by atoms with van der Waals surface area (Å²) in [6.07, 6.45) is 2.30. The maximum atomic E-state index is 12.0. The Hall–Kier alpha value is -2.62. The van der Waals surface area contributed by atoms with Crippen LogP contribution < -0.4 is 5.32 Å². The zero-order chi connectivity index (χ0) is 15.4. The minimum atomic E-state index is 0.0418. The summed E-state index contributed by atoms with van der Waals surface area (Å²) in [6.45, 7) is 3.23. The molecule has 1 amide bonds. The number of aromatic nitrogens is 2. The molecule has 22 heavy (non-hydrogen) atoms. The van der Waals surface area contributed by atoms with Crippen LogP contribution in [0, 0.1) is 6.92 Å². The third kappa shape index (κ3) is 3.17. The van der Waals surface area contributed by atoms with Gasteiger partial charge in [0.1, 0.15) is 0 Å². The summed E-state index contributed by atoms with van der Waals surface area (Å²) in [5.41, 5.74) is 3.39. The normalized spacial score (nSPS) is 10.8. The van der Waals surface area contributed by atoms with Crippen LogP contribution in [0.15, 0.2) is 54.7 Å². The molecule has 0 bridgehead atoms. The van der Waals surface area contributed by atoms with E-state index in [1.165, 1.54) is 5.56 Å². The Morgan fingerprint density at radius 1 is 1.14 bits per heavy atom. The second-order valence-corrected chi connectivity index (χ2v) is 5.39. The molecular formula is C18H19N3O. The fraction of sp³-hybridized carbons (Fsp3) is 0.222. The van der Waals surface area contributed by atoms with Crippen LogP contribution in [0.3, 0.4) is 0 Å². The fourth-order valence-electron chi connectivity index (χ4n) is 2.52. The number of nitrogens with zero attached hydrogens (tertiary/aromatic N) is 2. The van der Waals surface area contributed by atoms with Crippen LogP contribution in [0.25, 0.3) is 10.9 Å². The molecule has 0 spiro atoms. The molecule has 0 aliphatic rings. The van der Waals surface area contributed by atoms with E-state index in [1.54, 1.807) is 0 Å². The monoisotopic (exact) mass is 293 g/mol. The molecule has 2 aromatic carbocycles. The zero-order valence-electron chi connectivity index (χ0n) is 12.6. The molecule has 112 valence electrons. The number of aryl methyl sites for hydroxylation is 2. The number of rotatable bonds is 5. The highest BCUT2D eigenvalue weighted by Gasteiger charge is 2.07. The van der Waals surface area contributed by atoms with E-state index in [2.05, 4.69) is 23.4 Å². The lowest BCUT2D eigenvalue weighted by Gasteiger charge is -2.06.